The summed E-state index contributed by atoms with van der Waals surface area (Å²) in [5.41, 5.74) is 5.19. The van der Waals surface area contributed by atoms with Crippen molar-refractivity contribution in [2.45, 2.75) is 17.7 Å². The van der Waals surface area contributed by atoms with Crippen LogP contribution in [0.15, 0.2) is 17.3 Å². The van der Waals surface area contributed by atoms with Crippen LogP contribution in [-0.2, 0) is 14.8 Å². The van der Waals surface area contributed by atoms with Crippen molar-refractivity contribution in [1.82, 2.24) is 14.5 Å². The summed E-state index contributed by atoms with van der Waals surface area (Å²) in [5.74, 6) is -0.573. The molecule has 1 fully saturated rings. The van der Waals surface area contributed by atoms with Crippen LogP contribution in [0.2, 0.25) is 0 Å². The highest BCUT2D eigenvalue weighted by molar-refractivity contribution is 7.89. The average molecular weight is 258 g/mol. The van der Waals surface area contributed by atoms with Crippen LogP contribution < -0.4 is 5.73 Å². The molecule has 0 aromatic carbocycles. The van der Waals surface area contributed by atoms with E-state index >= 15 is 0 Å². The fourth-order valence-corrected chi connectivity index (χ4v) is 3.29. The van der Waals surface area contributed by atoms with E-state index in [1.54, 1.807) is 0 Å². The first kappa shape index (κ1) is 12.1. The third-order valence-electron chi connectivity index (χ3n) is 2.97. The SMILES string of the molecule is NC(=O)C1CCN(S(=O)(=O)c2cn[nH]c2)CC1. The summed E-state index contributed by atoms with van der Waals surface area (Å²) < 4.78 is 25.5. The van der Waals surface area contributed by atoms with E-state index < -0.39 is 10.0 Å². The fraction of sp³-hybridized carbons (Fsp3) is 0.556. The molecule has 1 aliphatic rings. The second-order valence-electron chi connectivity index (χ2n) is 4.01. The molecule has 1 aliphatic heterocycles. The van der Waals surface area contributed by atoms with Gasteiger partial charge in [-0.2, -0.15) is 9.40 Å². The second-order valence-corrected chi connectivity index (χ2v) is 5.95. The van der Waals surface area contributed by atoms with Gasteiger partial charge in [0.1, 0.15) is 4.90 Å². The number of carbonyl (C=O) groups is 1. The number of amides is 1. The molecular weight excluding hydrogens is 244 g/mol. The van der Waals surface area contributed by atoms with Crippen LogP contribution in [0.25, 0.3) is 0 Å². The topological polar surface area (TPSA) is 109 Å². The Bertz CT molecular complexity index is 488. The van der Waals surface area contributed by atoms with E-state index in [4.69, 9.17) is 5.73 Å². The van der Waals surface area contributed by atoms with Gasteiger partial charge in [0, 0.05) is 25.2 Å². The zero-order valence-electron chi connectivity index (χ0n) is 9.17. The number of nitrogens with one attached hydrogen (secondary N) is 1. The van der Waals surface area contributed by atoms with Crippen molar-refractivity contribution >= 4 is 15.9 Å². The van der Waals surface area contributed by atoms with Gasteiger partial charge in [-0.15, -0.1) is 0 Å². The number of aromatic amines is 1. The molecule has 94 valence electrons. The number of H-pyrrole nitrogens is 1. The molecule has 0 saturated carbocycles. The van der Waals surface area contributed by atoms with E-state index in [1.165, 1.54) is 16.7 Å². The predicted molar refractivity (Wildman–Crippen MR) is 59.3 cm³/mol. The molecule has 7 nitrogen and oxygen atoms in total. The first-order valence-electron chi connectivity index (χ1n) is 5.30. The van der Waals surface area contributed by atoms with Gasteiger partial charge in [-0.25, -0.2) is 8.42 Å². The van der Waals surface area contributed by atoms with E-state index in [0.717, 1.165) is 0 Å². The van der Waals surface area contributed by atoms with Crippen LogP contribution in [0.4, 0.5) is 0 Å². The third kappa shape index (κ3) is 2.32. The maximum absolute atomic E-state index is 12.1. The minimum absolute atomic E-state index is 0.148. The number of nitrogens with two attached hydrogens (primary N) is 1. The van der Waals surface area contributed by atoms with Gasteiger partial charge < -0.3 is 5.73 Å². The molecule has 0 unspecified atom stereocenters. The van der Waals surface area contributed by atoms with Crippen molar-refractivity contribution in [1.29, 1.82) is 0 Å². The standard InChI is InChI=1S/C9H14N4O3S/c10-9(14)7-1-3-13(4-2-7)17(15,16)8-5-11-12-6-8/h5-7H,1-4H2,(H2,10,14)(H,11,12). The molecular formula is C9H14N4O3S. The molecule has 0 aliphatic carbocycles. The van der Waals surface area contributed by atoms with E-state index in [-0.39, 0.29) is 16.7 Å². The largest absolute Gasteiger partial charge is 0.369 e. The first-order chi connectivity index (χ1) is 8.01. The van der Waals surface area contributed by atoms with Gasteiger partial charge in [0.05, 0.1) is 6.20 Å². The van der Waals surface area contributed by atoms with Crippen LogP contribution >= 0.6 is 0 Å². The summed E-state index contributed by atoms with van der Waals surface area (Å²) >= 11 is 0. The van der Waals surface area contributed by atoms with E-state index in [1.807, 2.05) is 0 Å². The van der Waals surface area contributed by atoms with Gasteiger partial charge in [-0.1, -0.05) is 0 Å². The van der Waals surface area contributed by atoms with Crippen molar-refractivity contribution in [3.63, 3.8) is 0 Å². The molecule has 1 aromatic rings. The number of nitrogens with zero attached hydrogens (tertiary/aromatic N) is 2. The van der Waals surface area contributed by atoms with Crippen LogP contribution in [0.5, 0.6) is 0 Å². The minimum Gasteiger partial charge on any atom is -0.369 e. The zero-order valence-corrected chi connectivity index (χ0v) is 9.98. The van der Waals surface area contributed by atoms with E-state index in [2.05, 4.69) is 10.2 Å². The quantitative estimate of drug-likeness (QED) is 0.746. The molecule has 3 N–H and O–H groups in total. The zero-order chi connectivity index (χ0) is 12.5. The number of piperidine rings is 1. The summed E-state index contributed by atoms with van der Waals surface area (Å²) in [7, 11) is -3.48. The summed E-state index contributed by atoms with van der Waals surface area (Å²) in [6.45, 7) is 0.641. The fourth-order valence-electron chi connectivity index (χ4n) is 1.91. The average Bonchev–Trinajstić information content (AvgIpc) is 2.83. The molecule has 0 bridgehead atoms. The number of aromatic nitrogens is 2. The number of hydrogen-bond donors (Lipinski definition) is 2. The minimum atomic E-state index is -3.48. The number of primary amides is 1. The normalized spacial score (nSPS) is 19.3. The van der Waals surface area contributed by atoms with Crippen LogP contribution in [-0.4, -0.2) is 41.9 Å². The molecule has 1 amide bonds. The smallest absolute Gasteiger partial charge is 0.246 e. The van der Waals surface area contributed by atoms with Crippen molar-refractivity contribution in [3.05, 3.63) is 12.4 Å². The van der Waals surface area contributed by atoms with Crippen LogP contribution in [0.1, 0.15) is 12.8 Å². The van der Waals surface area contributed by atoms with E-state index in [0.29, 0.717) is 25.9 Å². The van der Waals surface area contributed by atoms with Gasteiger partial charge in [-0.05, 0) is 12.8 Å². The lowest BCUT2D eigenvalue weighted by molar-refractivity contribution is -0.122. The summed E-state index contributed by atoms with van der Waals surface area (Å²) in [5, 5.41) is 6.09. The van der Waals surface area contributed by atoms with Gasteiger partial charge in [0.25, 0.3) is 0 Å². The highest BCUT2D eigenvalue weighted by Gasteiger charge is 2.31. The Kier molecular flexibility index (Phi) is 3.16. The number of sulfonamides is 1. The lowest BCUT2D eigenvalue weighted by Crippen LogP contribution is -2.41. The first-order valence-corrected chi connectivity index (χ1v) is 6.74. The maximum atomic E-state index is 12.1. The number of hydrogen-bond acceptors (Lipinski definition) is 4. The van der Waals surface area contributed by atoms with Crippen molar-refractivity contribution in [2.75, 3.05) is 13.1 Å². The summed E-state index contributed by atoms with van der Waals surface area (Å²) in [6, 6.07) is 0. The Hall–Kier alpha value is -1.41. The molecule has 1 saturated heterocycles. The van der Waals surface area contributed by atoms with Crippen LogP contribution in [0.3, 0.4) is 0 Å². The van der Waals surface area contributed by atoms with Crippen molar-refractivity contribution < 1.29 is 13.2 Å². The lowest BCUT2D eigenvalue weighted by Gasteiger charge is -2.29. The number of carbonyl (C=O) groups excluding carboxylic acids is 1. The molecule has 8 heteroatoms. The van der Waals surface area contributed by atoms with Crippen molar-refractivity contribution in [2.24, 2.45) is 11.7 Å². The molecule has 0 radical (unpaired) electrons. The molecule has 1 aromatic heterocycles. The van der Waals surface area contributed by atoms with Crippen LogP contribution in [0, 0.1) is 5.92 Å². The molecule has 2 rings (SSSR count). The molecule has 2 heterocycles. The van der Waals surface area contributed by atoms with Gasteiger partial charge in [-0.3, -0.25) is 9.89 Å². The second kappa shape index (κ2) is 4.46. The Morgan fingerprint density at radius 2 is 2.12 bits per heavy atom. The van der Waals surface area contributed by atoms with Crippen molar-refractivity contribution in [3.8, 4) is 0 Å². The Balaban J connectivity index is 2.09. The van der Waals surface area contributed by atoms with Gasteiger partial charge in [0.2, 0.25) is 15.9 Å². The van der Waals surface area contributed by atoms with Gasteiger partial charge >= 0.3 is 0 Å². The summed E-state index contributed by atoms with van der Waals surface area (Å²) in [6.07, 6.45) is 3.57. The monoisotopic (exact) mass is 258 g/mol. The van der Waals surface area contributed by atoms with Gasteiger partial charge in [0.15, 0.2) is 0 Å². The highest BCUT2D eigenvalue weighted by atomic mass is 32.2. The highest BCUT2D eigenvalue weighted by Crippen LogP contribution is 2.22. The lowest BCUT2D eigenvalue weighted by atomic mass is 9.98. The number of rotatable bonds is 3. The third-order valence-corrected chi connectivity index (χ3v) is 4.83. The predicted octanol–water partition coefficient (Wildman–Crippen LogP) is -0.704. The molecule has 0 spiro atoms. The molecule has 17 heavy (non-hydrogen) atoms. The summed E-state index contributed by atoms with van der Waals surface area (Å²) in [4.78, 5) is 11.1. The Labute approximate surface area is 99.0 Å². The Morgan fingerprint density at radius 1 is 1.47 bits per heavy atom. The maximum Gasteiger partial charge on any atom is 0.246 e. The van der Waals surface area contributed by atoms with E-state index in [9.17, 15) is 13.2 Å². The molecule has 0 atom stereocenters. The Morgan fingerprint density at radius 3 is 2.59 bits per heavy atom.